The molecule has 0 unspecified atom stereocenters. The van der Waals surface area contributed by atoms with E-state index in [4.69, 9.17) is 14.5 Å². The van der Waals surface area contributed by atoms with Crippen LogP contribution in [0.5, 0.6) is 11.5 Å². The van der Waals surface area contributed by atoms with Gasteiger partial charge < -0.3 is 14.8 Å². The van der Waals surface area contributed by atoms with Crippen molar-refractivity contribution in [2.24, 2.45) is 0 Å². The standard InChI is InChI=1S/C23H25N3O3S/c27-22(24-17-6-7-19-20(14-17)29-13-3-12-28-19)15-26-10-8-16(9-11-26)23-25-18-4-1-2-5-21(18)30-23/h1-2,4-7,14,16H,3,8-13,15H2,(H,24,27). The molecular formula is C23H25N3O3S. The minimum Gasteiger partial charge on any atom is -0.490 e. The molecule has 2 aliphatic heterocycles. The molecule has 156 valence electrons. The molecule has 1 fully saturated rings. The van der Waals surface area contributed by atoms with Crippen LogP contribution in [-0.4, -0.2) is 48.6 Å². The van der Waals surface area contributed by atoms with Gasteiger partial charge in [0.15, 0.2) is 11.5 Å². The largest absolute Gasteiger partial charge is 0.490 e. The number of hydrogen-bond donors (Lipinski definition) is 1. The van der Waals surface area contributed by atoms with E-state index < -0.39 is 0 Å². The average molecular weight is 424 g/mol. The van der Waals surface area contributed by atoms with Crippen LogP contribution in [0.25, 0.3) is 10.2 Å². The van der Waals surface area contributed by atoms with E-state index in [2.05, 4.69) is 28.4 Å². The number of carbonyl (C=O) groups excluding carboxylic acids is 1. The molecule has 0 bridgehead atoms. The number of piperidine rings is 1. The summed E-state index contributed by atoms with van der Waals surface area (Å²) in [6.07, 6.45) is 2.94. The molecule has 5 rings (SSSR count). The van der Waals surface area contributed by atoms with Crippen LogP contribution in [-0.2, 0) is 4.79 Å². The number of nitrogens with zero attached hydrogens (tertiary/aromatic N) is 2. The van der Waals surface area contributed by atoms with Crippen molar-refractivity contribution in [3.8, 4) is 11.5 Å². The molecule has 1 aromatic heterocycles. The highest BCUT2D eigenvalue weighted by molar-refractivity contribution is 7.18. The first-order valence-corrected chi connectivity index (χ1v) is 11.3. The van der Waals surface area contributed by atoms with Crippen molar-refractivity contribution in [3.05, 3.63) is 47.5 Å². The first-order chi connectivity index (χ1) is 14.7. The summed E-state index contributed by atoms with van der Waals surface area (Å²) in [6, 6.07) is 13.9. The lowest BCUT2D eigenvalue weighted by molar-refractivity contribution is -0.117. The number of benzene rings is 2. The molecule has 0 saturated carbocycles. The van der Waals surface area contributed by atoms with Crippen molar-refractivity contribution >= 4 is 33.1 Å². The molecular weight excluding hydrogens is 398 g/mol. The number of likely N-dealkylation sites (tertiary alicyclic amines) is 1. The van der Waals surface area contributed by atoms with Crippen LogP contribution in [0.1, 0.15) is 30.2 Å². The summed E-state index contributed by atoms with van der Waals surface area (Å²) in [6.45, 7) is 3.52. The Kier molecular flexibility index (Phi) is 5.55. The summed E-state index contributed by atoms with van der Waals surface area (Å²) in [4.78, 5) is 19.6. The Bertz CT molecular complexity index is 1010. The van der Waals surface area contributed by atoms with Crippen molar-refractivity contribution in [2.75, 3.05) is 38.2 Å². The lowest BCUT2D eigenvalue weighted by Crippen LogP contribution is -2.38. The van der Waals surface area contributed by atoms with E-state index in [0.717, 1.165) is 49.3 Å². The molecule has 3 heterocycles. The Morgan fingerprint density at radius 3 is 2.73 bits per heavy atom. The quantitative estimate of drug-likeness (QED) is 0.679. The maximum atomic E-state index is 12.6. The van der Waals surface area contributed by atoms with Gasteiger partial charge in [0.25, 0.3) is 0 Å². The van der Waals surface area contributed by atoms with Crippen LogP contribution in [0.2, 0.25) is 0 Å². The van der Waals surface area contributed by atoms with Crippen LogP contribution in [0, 0.1) is 0 Å². The van der Waals surface area contributed by atoms with Crippen molar-refractivity contribution in [1.82, 2.24) is 9.88 Å². The zero-order valence-corrected chi connectivity index (χ0v) is 17.6. The highest BCUT2D eigenvalue weighted by Crippen LogP contribution is 2.34. The molecule has 6 nitrogen and oxygen atoms in total. The van der Waals surface area contributed by atoms with E-state index in [1.165, 1.54) is 9.71 Å². The summed E-state index contributed by atoms with van der Waals surface area (Å²) >= 11 is 1.80. The van der Waals surface area contributed by atoms with Crippen LogP contribution in [0.4, 0.5) is 5.69 Å². The maximum Gasteiger partial charge on any atom is 0.238 e. The fourth-order valence-electron chi connectivity index (χ4n) is 4.05. The van der Waals surface area contributed by atoms with E-state index >= 15 is 0 Å². The van der Waals surface area contributed by atoms with E-state index in [9.17, 15) is 4.79 Å². The predicted molar refractivity (Wildman–Crippen MR) is 119 cm³/mol. The zero-order valence-electron chi connectivity index (χ0n) is 16.8. The van der Waals surface area contributed by atoms with Crippen molar-refractivity contribution in [2.45, 2.75) is 25.2 Å². The number of anilines is 1. The maximum absolute atomic E-state index is 12.6. The van der Waals surface area contributed by atoms with Crippen LogP contribution >= 0.6 is 11.3 Å². The molecule has 30 heavy (non-hydrogen) atoms. The Labute approximate surface area is 179 Å². The Hall–Kier alpha value is -2.64. The SMILES string of the molecule is O=C(CN1CCC(c2nc3ccccc3s2)CC1)Nc1ccc2c(c1)OCCCO2. The third kappa shape index (κ3) is 4.27. The number of carbonyl (C=O) groups is 1. The average Bonchev–Trinajstić information content (AvgIpc) is 3.06. The van der Waals surface area contributed by atoms with Gasteiger partial charge in [0, 0.05) is 24.1 Å². The number of fused-ring (bicyclic) bond motifs is 2. The number of ether oxygens (including phenoxy) is 2. The first kappa shape index (κ1) is 19.3. The van der Waals surface area contributed by atoms with Gasteiger partial charge in [-0.3, -0.25) is 9.69 Å². The summed E-state index contributed by atoms with van der Waals surface area (Å²) in [7, 11) is 0. The monoisotopic (exact) mass is 423 g/mol. The predicted octanol–water partition coefficient (Wildman–Crippen LogP) is 4.28. The van der Waals surface area contributed by atoms with Gasteiger partial charge in [-0.15, -0.1) is 11.3 Å². The number of thiazole rings is 1. The number of aromatic nitrogens is 1. The third-order valence-corrected chi connectivity index (χ3v) is 6.84. The van der Waals surface area contributed by atoms with Crippen molar-refractivity contribution in [3.63, 3.8) is 0 Å². The van der Waals surface area contributed by atoms with Gasteiger partial charge in [0.2, 0.25) is 5.91 Å². The molecule has 7 heteroatoms. The molecule has 3 aromatic rings. The first-order valence-electron chi connectivity index (χ1n) is 10.5. The van der Waals surface area contributed by atoms with Crippen LogP contribution in [0.15, 0.2) is 42.5 Å². The van der Waals surface area contributed by atoms with Gasteiger partial charge >= 0.3 is 0 Å². The summed E-state index contributed by atoms with van der Waals surface area (Å²) in [5, 5.41) is 4.22. The minimum atomic E-state index is 0.00271. The van der Waals surface area contributed by atoms with Gasteiger partial charge in [-0.05, 0) is 50.2 Å². The van der Waals surface area contributed by atoms with E-state index in [1.54, 1.807) is 11.3 Å². The smallest absolute Gasteiger partial charge is 0.238 e. The summed E-state index contributed by atoms with van der Waals surface area (Å²) in [5.41, 5.74) is 1.84. The van der Waals surface area contributed by atoms with Crippen molar-refractivity contribution in [1.29, 1.82) is 0 Å². The number of para-hydroxylation sites is 1. The van der Waals surface area contributed by atoms with E-state index in [-0.39, 0.29) is 5.91 Å². The Balaban J connectivity index is 1.15. The second kappa shape index (κ2) is 8.62. The Morgan fingerprint density at radius 2 is 1.90 bits per heavy atom. The second-order valence-electron chi connectivity index (χ2n) is 7.83. The molecule has 1 amide bonds. The summed E-state index contributed by atoms with van der Waals surface area (Å²) < 4.78 is 12.6. The lowest BCUT2D eigenvalue weighted by Gasteiger charge is -2.30. The topological polar surface area (TPSA) is 63.7 Å². The van der Waals surface area contributed by atoms with Crippen molar-refractivity contribution < 1.29 is 14.3 Å². The van der Waals surface area contributed by atoms with E-state index in [1.807, 2.05) is 24.3 Å². The molecule has 2 aromatic carbocycles. The molecule has 1 N–H and O–H groups in total. The van der Waals surface area contributed by atoms with Gasteiger partial charge in [-0.2, -0.15) is 0 Å². The number of nitrogens with one attached hydrogen (secondary N) is 1. The van der Waals surface area contributed by atoms with Gasteiger partial charge in [0.1, 0.15) is 0 Å². The van der Waals surface area contributed by atoms with Crippen LogP contribution < -0.4 is 14.8 Å². The highest BCUT2D eigenvalue weighted by atomic mass is 32.1. The summed E-state index contributed by atoms with van der Waals surface area (Å²) in [5.74, 6) is 1.93. The zero-order chi connectivity index (χ0) is 20.3. The second-order valence-corrected chi connectivity index (χ2v) is 8.89. The number of amides is 1. The van der Waals surface area contributed by atoms with Gasteiger partial charge in [-0.25, -0.2) is 4.98 Å². The molecule has 0 atom stereocenters. The molecule has 0 aliphatic carbocycles. The fraction of sp³-hybridized carbons (Fsp3) is 0.391. The fourth-order valence-corrected chi connectivity index (χ4v) is 5.18. The van der Waals surface area contributed by atoms with Crippen LogP contribution in [0.3, 0.4) is 0 Å². The van der Waals surface area contributed by atoms with Gasteiger partial charge in [-0.1, -0.05) is 12.1 Å². The molecule has 1 saturated heterocycles. The number of hydrogen-bond acceptors (Lipinski definition) is 6. The van der Waals surface area contributed by atoms with Gasteiger partial charge in [0.05, 0.1) is 35.0 Å². The Morgan fingerprint density at radius 1 is 1.10 bits per heavy atom. The lowest BCUT2D eigenvalue weighted by atomic mass is 9.97. The molecule has 0 radical (unpaired) electrons. The molecule has 2 aliphatic rings. The van der Waals surface area contributed by atoms with E-state index in [0.29, 0.717) is 31.4 Å². The third-order valence-electron chi connectivity index (χ3n) is 5.65. The minimum absolute atomic E-state index is 0.00271. The number of rotatable bonds is 4. The highest BCUT2D eigenvalue weighted by Gasteiger charge is 2.24. The normalized spacial score (nSPS) is 17.6. The molecule has 0 spiro atoms.